The molecular weight excluding hydrogens is 248 g/mol. The zero-order chi connectivity index (χ0) is 11.7. The van der Waals surface area contributed by atoms with Crippen LogP contribution in [-0.4, -0.2) is 22.5 Å². The van der Waals surface area contributed by atoms with Gasteiger partial charge in [0.2, 0.25) is 5.82 Å². The highest BCUT2D eigenvalue weighted by molar-refractivity contribution is 7.18. The number of carbonyl (C=O) groups excluding carboxylic acids is 1. The molecule has 2 aromatic heterocycles. The van der Waals surface area contributed by atoms with Crippen LogP contribution < -0.4 is 0 Å². The number of esters is 1. The molecule has 0 saturated heterocycles. The van der Waals surface area contributed by atoms with E-state index in [4.69, 9.17) is 16.3 Å². The molecule has 0 aliphatic rings. The lowest BCUT2D eigenvalue weighted by molar-refractivity contribution is 0.0512. The minimum Gasteiger partial charge on any atom is -0.460 e. The summed E-state index contributed by atoms with van der Waals surface area (Å²) in [7, 11) is 0. The van der Waals surface area contributed by atoms with Crippen LogP contribution in [0.25, 0.3) is 10.2 Å². The maximum Gasteiger partial charge on any atom is 0.376 e. The first-order valence-corrected chi connectivity index (χ1v) is 5.97. The standard InChI is InChI=1S/C10H9ClN2O2S/c1-3-15-10(14)9-12-6-5(2)4-16-7(6)8(11)13-9/h4H,3H2,1-2H3. The largest absolute Gasteiger partial charge is 0.460 e. The highest BCUT2D eigenvalue weighted by Crippen LogP contribution is 2.29. The van der Waals surface area contributed by atoms with Gasteiger partial charge in [-0.25, -0.2) is 14.8 Å². The zero-order valence-corrected chi connectivity index (χ0v) is 10.4. The molecule has 0 amide bonds. The molecule has 0 saturated carbocycles. The van der Waals surface area contributed by atoms with E-state index >= 15 is 0 Å². The smallest absolute Gasteiger partial charge is 0.376 e. The van der Waals surface area contributed by atoms with Gasteiger partial charge in [0, 0.05) is 0 Å². The highest BCUT2D eigenvalue weighted by Gasteiger charge is 2.15. The second-order valence-electron chi connectivity index (χ2n) is 3.15. The van der Waals surface area contributed by atoms with Crippen molar-refractivity contribution in [2.45, 2.75) is 13.8 Å². The van der Waals surface area contributed by atoms with Gasteiger partial charge >= 0.3 is 5.97 Å². The van der Waals surface area contributed by atoms with Crippen molar-refractivity contribution in [3.05, 3.63) is 21.9 Å². The van der Waals surface area contributed by atoms with Crippen LogP contribution in [0.1, 0.15) is 23.1 Å². The number of hydrogen-bond donors (Lipinski definition) is 0. The van der Waals surface area contributed by atoms with Gasteiger partial charge < -0.3 is 4.74 Å². The number of rotatable bonds is 2. The van der Waals surface area contributed by atoms with E-state index in [1.54, 1.807) is 6.92 Å². The Hall–Kier alpha value is -1.20. The summed E-state index contributed by atoms with van der Waals surface area (Å²) in [4.78, 5) is 19.5. The number of halogens is 1. The predicted molar refractivity (Wildman–Crippen MR) is 63.1 cm³/mol. The Morgan fingerprint density at radius 2 is 2.31 bits per heavy atom. The SMILES string of the molecule is CCOC(=O)c1nc(Cl)c2scc(C)c2n1. The van der Waals surface area contributed by atoms with Crippen LogP contribution >= 0.6 is 22.9 Å². The lowest BCUT2D eigenvalue weighted by Crippen LogP contribution is -2.09. The fraction of sp³-hybridized carbons (Fsp3) is 0.300. The van der Waals surface area contributed by atoms with Gasteiger partial charge in [0.1, 0.15) is 0 Å². The Bertz CT molecular complexity index is 553. The van der Waals surface area contributed by atoms with Gasteiger partial charge in [-0.1, -0.05) is 11.6 Å². The molecule has 4 nitrogen and oxygen atoms in total. The van der Waals surface area contributed by atoms with Crippen molar-refractivity contribution in [1.82, 2.24) is 9.97 Å². The molecule has 0 fully saturated rings. The van der Waals surface area contributed by atoms with Crippen molar-refractivity contribution in [3.63, 3.8) is 0 Å². The fourth-order valence-corrected chi connectivity index (χ4v) is 2.46. The van der Waals surface area contributed by atoms with Crippen LogP contribution in [0.15, 0.2) is 5.38 Å². The molecule has 0 aromatic carbocycles. The van der Waals surface area contributed by atoms with Gasteiger partial charge in [-0.15, -0.1) is 11.3 Å². The maximum absolute atomic E-state index is 11.5. The molecule has 0 spiro atoms. The molecule has 2 rings (SSSR count). The van der Waals surface area contributed by atoms with Crippen molar-refractivity contribution in [2.75, 3.05) is 6.61 Å². The summed E-state index contributed by atoms with van der Waals surface area (Å²) in [6.07, 6.45) is 0. The van der Waals surface area contributed by atoms with E-state index in [9.17, 15) is 4.79 Å². The summed E-state index contributed by atoms with van der Waals surface area (Å²) < 4.78 is 5.63. The summed E-state index contributed by atoms with van der Waals surface area (Å²) in [5, 5.41) is 2.23. The quantitative estimate of drug-likeness (QED) is 0.612. The number of nitrogens with zero attached hydrogens (tertiary/aromatic N) is 2. The predicted octanol–water partition coefficient (Wildman–Crippen LogP) is 2.83. The molecule has 0 bridgehead atoms. The molecule has 6 heteroatoms. The first-order chi connectivity index (χ1) is 7.63. The van der Waals surface area contributed by atoms with Gasteiger partial charge in [-0.3, -0.25) is 0 Å². The third-order valence-electron chi connectivity index (χ3n) is 2.01. The van der Waals surface area contributed by atoms with E-state index in [0.717, 1.165) is 10.3 Å². The number of fused-ring (bicyclic) bond motifs is 1. The minimum atomic E-state index is -0.545. The van der Waals surface area contributed by atoms with Crippen molar-refractivity contribution in [2.24, 2.45) is 0 Å². The summed E-state index contributed by atoms with van der Waals surface area (Å²) >= 11 is 7.44. The highest BCUT2D eigenvalue weighted by atomic mass is 35.5. The van der Waals surface area contributed by atoms with Crippen LogP contribution in [0.4, 0.5) is 0 Å². The molecule has 2 heterocycles. The number of hydrogen-bond acceptors (Lipinski definition) is 5. The molecule has 0 N–H and O–H groups in total. The van der Waals surface area contributed by atoms with Crippen LogP contribution in [-0.2, 0) is 4.74 Å². The molecule has 0 radical (unpaired) electrons. The Labute approximate surface area is 101 Å². The topological polar surface area (TPSA) is 52.1 Å². The second kappa shape index (κ2) is 4.35. The third kappa shape index (κ3) is 1.88. The average molecular weight is 257 g/mol. The van der Waals surface area contributed by atoms with Crippen LogP contribution in [0.2, 0.25) is 5.15 Å². The van der Waals surface area contributed by atoms with E-state index in [-0.39, 0.29) is 5.82 Å². The van der Waals surface area contributed by atoms with E-state index in [0.29, 0.717) is 17.3 Å². The molecule has 0 aliphatic heterocycles. The Morgan fingerprint density at radius 1 is 1.56 bits per heavy atom. The van der Waals surface area contributed by atoms with E-state index < -0.39 is 5.97 Å². The molecule has 0 aliphatic carbocycles. The number of thiophene rings is 1. The summed E-state index contributed by atoms with van der Waals surface area (Å²) in [6, 6.07) is 0. The first kappa shape index (κ1) is 11.3. The number of aryl methyl sites for hydroxylation is 1. The Kier molecular flexibility index (Phi) is 3.07. The van der Waals surface area contributed by atoms with E-state index in [1.165, 1.54) is 11.3 Å². The minimum absolute atomic E-state index is 0.0147. The average Bonchev–Trinajstić information content (AvgIpc) is 2.61. The van der Waals surface area contributed by atoms with Gasteiger partial charge in [-0.05, 0) is 24.8 Å². The lowest BCUT2D eigenvalue weighted by atomic mass is 10.3. The van der Waals surface area contributed by atoms with E-state index in [2.05, 4.69) is 9.97 Å². The second-order valence-corrected chi connectivity index (χ2v) is 4.39. The number of ether oxygens (including phenoxy) is 1. The van der Waals surface area contributed by atoms with Crippen LogP contribution in [0.5, 0.6) is 0 Å². The van der Waals surface area contributed by atoms with Crippen LogP contribution in [0.3, 0.4) is 0 Å². The van der Waals surface area contributed by atoms with Gasteiger partial charge in [0.25, 0.3) is 0 Å². The molecule has 0 unspecified atom stereocenters. The van der Waals surface area contributed by atoms with Crippen LogP contribution in [0, 0.1) is 6.92 Å². The Morgan fingerprint density at radius 3 is 3.00 bits per heavy atom. The lowest BCUT2D eigenvalue weighted by Gasteiger charge is -2.01. The first-order valence-electron chi connectivity index (χ1n) is 4.72. The van der Waals surface area contributed by atoms with Crippen molar-refractivity contribution in [3.8, 4) is 0 Å². The van der Waals surface area contributed by atoms with Gasteiger partial charge in [0.15, 0.2) is 5.15 Å². The van der Waals surface area contributed by atoms with Gasteiger partial charge in [-0.2, -0.15) is 0 Å². The number of aromatic nitrogens is 2. The molecule has 16 heavy (non-hydrogen) atoms. The monoisotopic (exact) mass is 256 g/mol. The fourth-order valence-electron chi connectivity index (χ4n) is 1.28. The third-order valence-corrected chi connectivity index (χ3v) is 3.49. The molecule has 2 aromatic rings. The summed E-state index contributed by atoms with van der Waals surface area (Å²) in [6.45, 7) is 3.94. The Balaban J connectivity index is 2.56. The van der Waals surface area contributed by atoms with Crippen molar-refractivity contribution in [1.29, 1.82) is 0 Å². The molecule has 0 atom stereocenters. The zero-order valence-electron chi connectivity index (χ0n) is 8.78. The molecular formula is C10H9ClN2O2S. The van der Waals surface area contributed by atoms with Crippen molar-refractivity contribution < 1.29 is 9.53 Å². The maximum atomic E-state index is 11.5. The van der Waals surface area contributed by atoms with Gasteiger partial charge in [0.05, 0.1) is 16.8 Å². The molecule has 84 valence electrons. The summed E-state index contributed by atoms with van der Waals surface area (Å²) in [5.74, 6) is -0.530. The summed E-state index contributed by atoms with van der Waals surface area (Å²) in [5.41, 5.74) is 1.70. The van der Waals surface area contributed by atoms with Crippen molar-refractivity contribution >= 4 is 39.1 Å². The normalized spacial score (nSPS) is 10.7. The van der Waals surface area contributed by atoms with E-state index in [1.807, 2.05) is 12.3 Å². The number of carbonyl (C=O) groups is 1.